The Morgan fingerprint density at radius 3 is 2.88 bits per heavy atom. The molecule has 0 atom stereocenters. The number of amides is 1. The van der Waals surface area contributed by atoms with Crippen LogP contribution >= 0.6 is 0 Å². The van der Waals surface area contributed by atoms with Gasteiger partial charge in [-0.2, -0.15) is 0 Å². The van der Waals surface area contributed by atoms with Crippen molar-refractivity contribution >= 4 is 22.8 Å². The fourth-order valence-corrected chi connectivity index (χ4v) is 3.13. The van der Waals surface area contributed by atoms with E-state index >= 15 is 0 Å². The number of aromatic amines is 1. The van der Waals surface area contributed by atoms with Crippen LogP contribution in [0, 0.1) is 0 Å². The van der Waals surface area contributed by atoms with Crippen molar-refractivity contribution in [1.29, 1.82) is 0 Å². The van der Waals surface area contributed by atoms with Crippen LogP contribution in [0.25, 0.3) is 16.7 Å². The number of morpholine rings is 1. The summed E-state index contributed by atoms with van der Waals surface area (Å²) in [4.78, 5) is 38.3. The number of H-pyrrole nitrogens is 1. The second-order valence-electron chi connectivity index (χ2n) is 6.02. The third-order valence-corrected chi connectivity index (χ3v) is 4.31. The van der Waals surface area contributed by atoms with E-state index < -0.39 is 5.91 Å². The van der Waals surface area contributed by atoms with Gasteiger partial charge in [0.05, 0.1) is 37.2 Å². The monoisotopic (exact) mass is 354 g/mol. The van der Waals surface area contributed by atoms with Gasteiger partial charge in [0, 0.05) is 19.2 Å². The number of nitrogens with one attached hydrogen (secondary N) is 1. The number of imidazole rings is 1. The summed E-state index contributed by atoms with van der Waals surface area (Å²) < 4.78 is 6.74. The molecule has 1 amide bonds. The molecule has 0 spiro atoms. The van der Waals surface area contributed by atoms with Crippen LogP contribution in [-0.4, -0.2) is 51.7 Å². The van der Waals surface area contributed by atoms with Gasteiger partial charge in [-0.3, -0.25) is 14.2 Å². The normalized spacial score (nSPS) is 14.7. The minimum Gasteiger partial charge on any atom is -0.378 e. The third kappa shape index (κ3) is 2.93. The average Bonchev–Trinajstić information content (AvgIpc) is 3.11. The second-order valence-corrected chi connectivity index (χ2v) is 6.02. The fraction of sp³-hybridized carbons (Fsp3) is 0.294. The first-order valence-electron chi connectivity index (χ1n) is 8.30. The summed E-state index contributed by atoms with van der Waals surface area (Å²) >= 11 is 0. The molecule has 0 unspecified atom stereocenters. The highest BCUT2D eigenvalue weighted by Crippen LogP contribution is 2.20. The predicted molar refractivity (Wildman–Crippen MR) is 95.4 cm³/mol. The van der Waals surface area contributed by atoms with Crippen LogP contribution in [-0.2, 0) is 16.0 Å². The maximum Gasteiger partial charge on any atom is 0.260 e. The van der Waals surface area contributed by atoms with Crippen molar-refractivity contribution in [3.05, 3.63) is 46.8 Å². The first-order valence-corrected chi connectivity index (χ1v) is 8.30. The molecule has 3 heterocycles. The number of primary amides is 1. The molecule has 3 N–H and O–H groups in total. The van der Waals surface area contributed by atoms with Gasteiger partial charge in [-0.1, -0.05) is 6.07 Å². The second kappa shape index (κ2) is 6.60. The van der Waals surface area contributed by atoms with Gasteiger partial charge in [-0.15, -0.1) is 0 Å². The number of hydrogen-bond acceptors (Lipinski definition) is 6. The molecule has 134 valence electrons. The smallest absolute Gasteiger partial charge is 0.260 e. The molecule has 3 aromatic rings. The van der Waals surface area contributed by atoms with Crippen LogP contribution in [0.1, 0.15) is 5.82 Å². The van der Waals surface area contributed by atoms with Crippen LogP contribution in [0.4, 0.5) is 5.82 Å². The Labute approximate surface area is 148 Å². The van der Waals surface area contributed by atoms with E-state index in [-0.39, 0.29) is 12.0 Å². The van der Waals surface area contributed by atoms with Crippen molar-refractivity contribution in [1.82, 2.24) is 19.5 Å². The van der Waals surface area contributed by atoms with Gasteiger partial charge >= 0.3 is 0 Å². The number of anilines is 1. The van der Waals surface area contributed by atoms with E-state index in [0.717, 1.165) is 5.52 Å². The van der Waals surface area contributed by atoms with E-state index in [1.807, 2.05) is 17.0 Å². The molecule has 9 nitrogen and oxygen atoms in total. The standard InChI is InChI=1S/C17H18N6O3/c18-13(24)8-15-21-14(22-4-6-26-7-5-22)9-16(25)23(15)12-3-1-2-11-17(12)20-10-19-11/h1-3,9-10H,4-8H2,(H2,18,24)(H,19,20). The number of nitrogens with zero attached hydrogens (tertiary/aromatic N) is 4. The van der Waals surface area contributed by atoms with E-state index in [4.69, 9.17) is 10.5 Å². The van der Waals surface area contributed by atoms with Crippen LogP contribution in [0.5, 0.6) is 0 Å². The van der Waals surface area contributed by atoms with Crippen molar-refractivity contribution < 1.29 is 9.53 Å². The number of ether oxygens (including phenoxy) is 1. The van der Waals surface area contributed by atoms with Crippen molar-refractivity contribution in [3.63, 3.8) is 0 Å². The fourth-order valence-electron chi connectivity index (χ4n) is 3.13. The minimum absolute atomic E-state index is 0.145. The Kier molecular flexibility index (Phi) is 4.13. The molecular weight excluding hydrogens is 336 g/mol. The maximum atomic E-state index is 12.9. The number of aromatic nitrogens is 4. The van der Waals surface area contributed by atoms with E-state index in [9.17, 15) is 9.59 Å². The summed E-state index contributed by atoms with van der Waals surface area (Å²) in [6.07, 6.45) is 1.41. The van der Waals surface area contributed by atoms with Crippen LogP contribution in [0.15, 0.2) is 35.4 Å². The highest BCUT2D eigenvalue weighted by atomic mass is 16.5. The van der Waals surface area contributed by atoms with Gasteiger partial charge < -0.3 is 20.4 Å². The Balaban J connectivity index is 1.89. The zero-order valence-electron chi connectivity index (χ0n) is 14.0. The van der Waals surface area contributed by atoms with Crippen LogP contribution in [0.3, 0.4) is 0 Å². The van der Waals surface area contributed by atoms with Crippen molar-refractivity contribution in [2.45, 2.75) is 6.42 Å². The largest absolute Gasteiger partial charge is 0.378 e. The lowest BCUT2D eigenvalue weighted by atomic mass is 10.2. The number of fused-ring (bicyclic) bond motifs is 1. The molecular formula is C17H18N6O3. The summed E-state index contributed by atoms with van der Waals surface area (Å²) in [5, 5.41) is 0. The average molecular weight is 354 g/mol. The summed E-state index contributed by atoms with van der Waals surface area (Å²) in [6.45, 7) is 2.42. The van der Waals surface area contributed by atoms with Gasteiger partial charge in [0.2, 0.25) is 5.91 Å². The number of para-hydroxylation sites is 1. The van der Waals surface area contributed by atoms with E-state index in [0.29, 0.717) is 49.1 Å². The van der Waals surface area contributed by atoms with Gasteiger partial charge in [0.15, 0.2) is 0 Å². The van der Waals surface area contributed by atoms with Gasteiger partial charge in [-0.25, -0.2) is 9.97 Å². The molecule has 26 heavy (non-hydrogen) atoms. The molecule has 2 aromatic heterocycles. The molecule has 0 bridgehead atoms. The van der Waals surface area contributed by atoms with E-state index in [1.165, 1.54) is 10.6 Å². The molecule has 9 heteroatoms. The molecule has 4 rings (SSSR count). The molecule has 0 aliphatic carbocycles. The summed E-state index contributed by atoms with van der Waals surface area (Å²) in [5.41, 5.74) is 7.08. The summed E-state index contributed by atoms with van der Waals surface area (Å²) in [6, 6.07) is 6.92. The molecule has 0 radical (unpaired) electrons. The molecule has 1 aliphatic heterocycles. The van der Waals surface area contributed by atoms with Gasteiger partial charge in [-0.05, 0) is 12.1 Å². The Hall–Kier alpha value is -3.20. The SMILES string of the molecule is NC(=O)Cc1nc(N2CCOCC2)cc(=O)n1-c1cccc2[nH]cnc12. The lowest BCUT2D eigenvalue weighted by molar-refractivity contribution is -0.117. The van der Waals surface area contributed by atoms with E-state index in [2.05, 4.69) is 15.0 Å². The topological polar surface area (TPSA) is 119 Å². The Morgan fingerprint density at radius 1 is 1.31 bits per heavy atom. The Bertz CT molecular complexity index is 1020. The van der Waals surface area contributed by atoms with Crippen molar-refractivity contribution in [2.75, 3.05) is 31.2 Å². The van der Waals surface area contributed by atoms with E-state index in [1.54, 1.807) is 12.4 Å². The molecule has 1 fully saturated rings. The lowest BCUT2D eigenvalue weighted by Crippen LogP contribution is -2.38. The number of carbonyl (C=O) groups is 1. The number of hydrogen-bond donors (Lipinski definition) is 2. The summed E-state index contributed by atoms with van der Waals surface area (Å²) in [7, 11) is 0. The number of carbonyl (C=O) groups excluding carboxylic acids is 1. The highest BCUT2D eigenvalue weighted by Gasteiger charge is 2.19. The minimum atomic E-state index is -0.556. The zero-order chi connectivity index (χ0) is 18.1. The summed E-state index contributed by atoms with van der Waals surface area (Å²) in [5.74, 6) is 0.265. The zero-order valence-corrected chi connectivity index (χ0v) is 14.0. The van der Waals surface area contributed by atoms with Crippen molar-refractivity contribution in [3.8, 4) is 5.69 Å². The first kappa shape index (κ1) is 16.3. The lowest BCUT2D eigenvalue weighted by Gasteiger charge is -2.28. The number of nitrogens with two attached hydrogens (primary N) is 1. The van der Waals surface area contributed by atoms with Crippen molar-refractivity contribution in [2.24, 2.45) is 5.73 Å². The Morgan fingerprint density at radius 2 is 2.12 bits per heavy atom. The molecule has 1 saturated heterocycles. The molecule has 0 saturated carbocycles. The third-order valence-electron chi connectivity index (χ3n) is 4.31. The quantitative estimate of drug-likeness (QED) is 0.679. The molecule has 1 aromatic carbocycles. The highest BCUT2D eigenvalue weighted by molar-refractivity contribution is 5.84. The first-order chi connectivity index (χ1) is 12.6. The van der Waals surface area contributed by atoms with Crippen LogP contribution in [0.2, 0.25) is 0 Å². The predicted octanol–water partition coefficient (Wildman–Crippen LogP) is -0.0268. The van der Waals surface area contributed by atoms with Crippen LogP contribution < -0.4 is 16.2 Å². The van der Waals surface area contributed by atoms with Gasteiger partial charge in [0.1, 0.15) is 17.2 Å². The molecule has 1 aliphatic rings. The van der Waals surface area contributed by atoms with Gasteiger partial charge in [0.25, 0.3) is 5.56 Å². The number of rotatable bonds is 4. The number of benzene rings is 1. The maximum absolute atomic E-state index is 12.9.